The molecule has 5 amide bonds. The van der Waals surface area contributed by atoms with Gasteiger partial charge in [-0.15, -0.1) is 0 Å². The highest BCUT2D eigenvalue weighted by Gasteiger charge is 2.26. The summed E-state index contributed by atoms with van der Waals surface area (Å²) >= 11 is 5.82. The van der Waals surface area contributed by atoms with E-state index in [0.29, 0.717) is 90.0 Å². The first-order valence-corrected chi connectivity index (χ1v) is 19.4. The number of aromatic nitrogens is 1. The molecule has 15 nitrogen and oxygen atoms in total. The maximum atomic E-state index is 13.3. The summed E-state index contributed by atoms with van der Waals surface area (Å²) in [6, 6.07) is 3.12. The van der Waals surface area contributed by atoms with E-state index in [2.05, 4.69) is 15.6 Å². The zero-order valence-electron chi connectivity index (χ0n) is 35.3. The van der Waals surface area contributed by atoms with E-state index in [1.807, 2.05) is 0 Å². The Hall–Kier alpha value is -4.01. The molecule has 0 saturated carbocycles. The number of hydrogen-bond donors (Lipinski definition) is 2. The lowest BCUT2D eigenvalue weighted by atomic mass is 10.2. The number of carbonyl (C=O) groups excluding carboxylic acids is 5. The van der Waals surface area contributed by atoms with Crippen molar-refractivity contribution in [3.05, 3.63) is 29.0 Å². The summed E-state index contributed by atoms with van der Waals surface area (Å²) in [5, 5.41) is 5.83. The zero-order chi connectivity index (χ0) is 42.0. The van der Waals surface area contributed by atoms with Crippen molar-refractivity contribution in [3.8, 4) is 0 Å². The number of pyridine rings is 1. The van der Waals surface area contributed by atoms with Crippen molar-refractivity contribution in [2.45, 2.75) is 138 Å². The normalized spacial score (nSPS) is 11.9. The number of nitrogens with zero attached hydrogens (tertiary/aromatic N) is 4. The van der Waals surface area contributed by atoms with E-state index in [1.54, 1.807) is 104 Å². The van der Waals surface area contributed by atoms with Crippen molar-refractivity contribution in [3.63, 3.8) is 0 Å². The third-order valence-electron chi connectivity index (χ3n) is 7.07. The minimum atomic E-state index is -0.717. The Morgan fingerprint density at radius 3 is 1.27 bits per heavy atom. The first kappa shape index (κ1) is 49.0. The Morgan fingerprint density at radius 1 is 0.545 bits per heavy atom. The monoisotopic (exact) mass is 798 g/mol. The first-order valence-electron chi connectivity index (χ1n) is 19.0. The molecule has 0 fully saturated rings. The van der Waals surface area contributed by atoms with E-state index >= 15 is 0 Å². The van der Waals surface area contributed by atoms with Crippen LogP contribution >= 0.6 is 11.6 Å². The van der Waals surface area contributed by atoms with Crippen LogP contribution < -0.4 is 10.6 Å². The molecule has 0 bridgehead atoms. The largest absolute Gasteiger partial charge is 0.444 e. The minimum Gasteiger partial charge on any atom is -0.444 e. The van der Waals surface area contributed by atoms with Crippen LogP contribution in [0.2, 0.25) is 5.15 Å². The van der Waals surface area contributed by atoms with Crippen molar-refractivity contribution in [1.29, 1.82) is 0 Å². The Bertz CT molecular complexity index is 1370. The van der Waals surface area contributed by atoms with E-state index in [-0.39, 0.29) is 11.1 Å². The summed E-state index contributed by atoms with van der Waals surface area (Å²) in [4.78, 5) is 72.8. The van der Waals surface area contributed by atoms with Crippen molar-refractivity contribution in [1.82, 2.24) is 30.3 Å². The van der Waals surface area contributed by atoms with Crippen molar-refractivity contribution < 1.29 is 42.9 Å². The molecule has 0 spiro atoms. The van der Waals surface area contributed by atoms with Gasteiger partial charge in [0.1, 0.15) is 27.6 Å². The lowest BCUT2D eigenvalue weighted by molar-refractivity contribution is 0.0181. The van der Waals surface area contributed by atoms with Crippen molar-refractivity contribution in [2.24, 2.45) is 0 Å². The molecule has 0 aliphatic rings. The third kappa shape index (κ3) is 24.2. The summed E-state index contributed by atoms with van der Waals surface area (Å²) in [5.74, 6) is -0.301. The molecule has 0 aliphatic carbocycles. The summed E-state index contributed by atoms with van der Waals surface area (Å²) in [6.07, 6.45) is 1.97. The van der Waals surface area contributed by atoms with Crippen molar-refractivity contribution in [2.75, 3.05) is 52.4 Å². The van der Waals surface area contributed by atoms with E-state index in [0.717, 1.165) is 0 Å². The summed E-state index contributed by atoms with van der Waals surface area (Å²) in [5.41, 5.74) is -2.36. The van der Waals surface area contributed by atoms with Crippen LogP contribution in [0.15, 0.2) is 18.3 Å². The zero-order valence-corrected chi connectivity index (χ0v) is 36.0. The van der Waals surface area contributed by atoms with Gasteiger partial charge in [-0.25, -0.2) is 24.2 Å². The predicted molar refractivity (Wildman–Crippen MR) is 212 cm³/mol. The Labute approximate surface area is 333 Å². The van der Waals surface area contributed by atoms with Crippen LogP contribution in [0.4, 0.5) is 19.2 Å². The number of unbranched alkanes of at least 4 members (excludes halogenated alkanes) is 1. The molecule has 2 N–H and O–H groups in total. The maximum Gasteiger partial charge on any atom is 0.410 e. The second-order valence-corrected chi connectivity index (χ2v) is 17.6. The van der Waals surface area contributed by atoms with Gasteiger partial charge in [0.2, 0.25) is 0 Å². The van der Waals surface area contributed by atoms with Gasteiger partial charge in [0.05, 0.1) is 5.56 Å². The molecule has 0 aromatic carbocycles. The second kappa shape index (κ2) is 22.5. The minimum absolute atomic E-state index is 0.290. The fourth-order valence-corrected chi connectivity index (χ4v) is 4.89. The predicted octanol–water partition coefficient (Wildman–Crippen LogP) is 7.65. The van der Waals surface area contributed by atoms with E-state index in [4.69, 9.17) is 30.5 Å². The number of carbonyl (C=O) groups is 5. The Morgan fingerprint density at radius 2 is 0.909 bits per heavy atom. The highest BCUT2D eigenvalue weighted by molar-refractivity contribution is 6.29. The van der Waals surface area contributed by atoms with E-state index in [9.17, 15) is 24.0 Å². The average Bonchev–Trinajstić information content (AvgIpc) is 3.00. The molecule has 0 radical (unpaired) electrons. The third-order valence-corrected chi connectivity index (χ3v) is 7.29. The van der Waals surface area contributed by atoms with Gasteiger partial charge in [-0.2, -0.15) is 0 Å². The van der Waals surface area contributed by atoms with Gasteiger partial charge in [0.15, 0.2) is 0 Å². The lowest BCUT2D eigenvalue weighted by Crippen LogP contribution is -2.42. The molecule has 1 aromatic heterocycles. The molecule has 55 heavy (non-hydrogen) atoms. The van der Waals surface area contributed by atoms with Gasteiger partial charge in [-0.05, 0) is 127 Å². The number of rotatable bonds is 18. The highest BCUT2D eigenvalue weighted by Crippen LogP contribution is 2.15. The number of nitrogens with one attached hydrogen (secondary N) is 2. The summed E-state index contributed by atoms with van der Waals surface area (Å²) in [7, 11) is 0. The van der Waals surface area contributed by atoms with Gasteiger partial charge in [0, 0.05) is 58.6 Å². The molecule has 0 saturated heterocycles. The standard InChI is InChI=1S/C39H67ClN6O9/c1-36(2,3)52-32(48)42-21-16-25-44(33(49)53-37(4,5)6)22-13-14-23-45(34(50)54-38(7,8)9)26-17-27-46(35(51)55-39(10,11)12)24-15-20-41-31(47)29-18-19-30(40)43-28-29/h18-19,28H,13-17,20-27H2,1-12H3,(H,41,47)(H,42,48). The van der Waals surface area contributed by atoms with Crippen LogP contribution in [0.3, 0.4) is 0 Å². The molecule has 0 unspecified atom stereocenters. The second-order valence-electron chi connectivity index (χ2n) is 17.2. The fraction of sp³-hybridized carbons (Fsp3) is 0.744. The average molecular weight is 799 g/mol. The molecular weight excluding hydrogens is 732 g/mol. The molecule has 1 heterocycles. The maximum absolute atomic E-state index is 13.3. The number of alkyl carbamates (subject to hydrolysis) is 1. The van der Waals surface area contributed by atoms with Gasteiger partial charge in [-0.3, -0.25) is 4.79 Å². The smallest absolute Gasteiger partial charge is 0.410 e. The molecule has 0 aliphatic heterocycles. The lowest BCUT2D eigenvalue weighted by Gasteiger charge is -2.30. The van der Waals surface area contributed by atoms with Crippen LogP contribution in [0.1, 0.15) is 126 Å². The van der Waals surface area contributed by atoms with Gasteiger partial charge in [0.25, 0.3) is 5.91 Å². The van der Waals surface area contributed by atoms with Crippen LogP contribution in [0.25, 0.3) is 0 Å². The Balaban J connectivity index is 2.88. The van der Waals surface area contributed by atoms with Gasteiger partial charge in [-0.1, -0.05) is 11.6 Å². The van der Waals surface area contributed by atoms with Gasteiger partial charge < -0.3 is 44.3 Å². The fourth-order valence-electron chi connectivity index (χ4n) is 4.78. The molecular formula is C39H67ClN6O9. The first-order chi connectivity index (χ1) is 25.2. The molecule has 16 heteroatoms. The van der Waals surface area contributed by atoms with Crippen LogP contribution in [-0.2, 0) is 18.9 Å². The Kier molecular flexibility index (Phi) is 20.1. The van der Waals surface area contributed by atoms with Crippen LogP contribution in [0, 0.1) is 0 Å². The van der Waals surface area contributed by atoms with E-state index in [1.165, 1.54) is 12.3 Å². The quantitative estimate of drug-likeness (QED) is 0.0855. The van der Waals surface area contributed by atoms with Crippen molar-refractivity contribution >= 4 is 41.9 Å². The highest BCUT2D eigenvalue weighted by atomic mass is 35.5. The summed E-state index contributed by atoms with van der Waals surface area (Å²) < 4.78 is 22.3. The van der Waals surface area contributed by atoms with Gasteiger partial charge >= 0.3 is 24.4 Å². The molecule has 1 aromatic rings. The molecule has 1 rings (SSSR count). The molecule has 314 valence electrons. The number of halogens is 1. The summed E-state index contributed by atoms with van der Waals surface area (Å²) in [6.45, 7) is 24.2. The number of ether oxygens (including phenoxy) is 4. The topological polar surface area (TPSA) is 169 Å². The van der Waals surface area contributed by atoms with Crippen LogP contribution in [0.5, 0.6) is 0 Å². The number of hydrogen-bond acceptors (Lipinski definition) is 10. The SMILES string of the molecule is CC(C)(C)OC(=O)NCCCN(CCCCN(CCCN(CCCNC(=O)c1ccc(Cl)nc1)C(=O)OC(C)(C)C)C(=O)OC(C)(C)C)C(=O)OC(C)(C)C. The van der Waals surface area contributed by atoms with E-state index < -0.39 is 46.8 Å². The molecule has 0 atom stereocenters. The van der Waals surface area contributed by atoms with Crippen LogP contribution in [-0.4, -0.2) is 125 Å². The number of amides is 5.